The van der Waals surface area contributed by atoms with Crippen LogP contribution in [0.25, 0.3) is 32.7 Å². The Morgan fingerprint density at radius 2 is 0.722 bits per heavy atom. The highest BCUT2D eigenvalue weighted by Crippen LogP contribution is 2.41. The number of hydrogen-bond acceptors (Lipinski definition) is 20. The Morgan fingerprint density at radius 1 is 0.409 bits per heavy atom. The van der Waals surface area contributed by atoms with Crippen molar-refractivity contribution < 1.29 is 59.7 Å². The van der Waals surface area contributed by atoms with Crippen LogP contribution in [0.15, 0.2) is 128 Å². The molecule has 5 aliphatic rings. The van der Waals surface area contributed by atoms with Crippen LogP contribution in [0.5, 0.6) is 34.9 Å². The second kappa shape index (κ2) is 34.0. The van der Waals surface area contributed by atoms with Gasteiger partial charge in [-0.15, -0.1) is 0 Å². The maximum Gasteiger partial charge on any atom is 0.263 e. The summed E-state index contributed by atoms with van der Waals surface area (Å²) in [7, 11) is 2.14. The zero-order valence-corrected chi connectivity index (χ0v) is 63.8. The zero-order chi connectivity index (χ0) is 80.1. The molecule has 0 aliphatic carbocycles. The number of halogens is 6. The summed E-state index contributed by atoms with van der Waals surface area (Å²) in [5, 5.41) is 13.0. The summed E-state index contributed by atoms with van der Waals surface area (Å²) in [4.78, 5) is 97.2. The van der Waals surface area contributed by atoms with Gasteiger partial charge in [0.25, 0.3) is 17.7 Å². The first-order valence-corrected chi connectivity index (χ1v) is 37.9. The molecular formula is C83H83F6N19O7. The fourth-order valence-electron chi connectivity index (χ4n) is 14.0. The smallest absolute Gasteiger partial charge is 0.263 e. The number of hydrogen-bond donors (Lipinski definition) is 7. The number of ether oxygens (including phenoxy) is 3. The van der Waals surface area contributed by atoms with Crippen molar-refractivity contribution in [2.24, 2.45) is 0 Å². The lowest BCUT2D eigenvalue weighted by Gasteiger charge is -2.32. The second-order valence-electron chi connectivity index (χ2n) is 29.1. The van der Waals surface area contributed by atoms with Gasteiger partial charge in [-0.3, -0.25) is 29.0 Å². The van der Waals surface area contributed by atoms with Crippen molar-refractivity contribution in [3.05, 3.63) is 214 Å². The summed E-state index contributed by atoms with van der Waals surface area (Å²) in [5.74, 6) is -6.28. The van der Waals surface area contributed by atoms with E-state index in [2.05, 4.69) is 87.9 Å². The number of carbonyl (C=O) groups is 4. The van der Waals surface area contributed by atoms with Crippen molar-refractivity contribution in [3.63, 3.8) is 0 Å². The van der Waals surface area contributed by atoms with Crippen molar-refractivity contribution in [1.29, 1.82) is 0 Å². The summed E-state index contributed by atoms with van der Waals surface area (Å²) >= 11 is 0. The van der Waals surface area contributed by atoms with E-state index in [-0.39, 0.29) is 119 Å². The van der Waals surface area contributed by atoms with Crippen molar-refractivity contribution in [2.75, 3.05) is 115 Å². The van der Waals surface area contributed by atoms with E-state index in [4.69, 9.17) is 14.2 Å². The molecule has 5 aliphatic heterocycles. The van der Waals surface area contributed by atoms with E-state index in [1.54, 1.807) is 59.7 Å². The van der Waals surface area contributed by atoms with E-state index in [0.29, 0.717) is 68.5 Å². The van der Waals surface area contributed by atoms with E-state index in [1.807, 2.05) is 48.5 Å². The fourth-order valence-corrected chi connectivity index (χ4v) is 14.0. The van der Waals surface area contributed by atoms with E-state index in [9.17, 15) is 32.3 Å². The fraction of sp³-hybridized carbons (Fsp3) is 0.301. The number of benzene rings is 6. The first-order chi connectivity index (χ1) is 55.6. The molecule has 0 unspecified atom stereocenters. The first-order valence-electron chi connectivity index (χ1n) is 37.9. The normalized spacial score (nSPS) is 15.1. The molecule has 6 aromatic carbocycles. The van der Waals surface area contributed by atoms with Crippen molar-refractivity contribution in [1.82, 2.24) is 79.6 Å². The predicted octanol–water partition coefficient (Wildman–Crippen LogP) is 14.1. The average molecular weight is 1570 g/mol. The number of aromatic amines is 3. The van der Waals surface area contributed by atoms with Gasteiger partial charge in [-0.2, -0.15) is 0 Å². The maximum atomic E-state index is 15.3. The first kappa shape index (κ1) is 77.8. The van der Waals surface area contributed by atoms with Crippen molar-refractivity contribution >= 4 is 90.7 Å². The molecule has 594 valence electrons. The van der Waals surface area contributed by atoms with Crippen molar-refractivity contribution in [2.45, 2.75) is 66.5 Å². The number of likely N-dealkylation sites (N-methyl/N-ethyl adjacent to an activating group) is 1. The number of nitrogens with zero attached hydrogens (tertiary/aromatic N) is 12. The highest BCUT2D eigenvalue weighted by Gasteiger charge is 2.35. The molecule has 7 N–H and O–H groups in total. The number of anilines is 6. The molecule has 17 rings (SSSR count). The number of nitrogens with one attached hydrogen (secondary N) is 7. The summed E-state index contributed by atoms with van der Waals surface area (Å²) < 4.78 is 107. The van der Waals surface area contributed by atoms with Crippen LogP contribution >= 0.6 is 0 Å². The Bertz CT molecular complexity index is 5630. The Balaban J connectivity index is 0.000000136. The SMILES string of the molecule is CC(=O)Cc1ccc(Nc2ncnc(Oc3cc(F)c4[nH]c(C)cc4c3F)c2C(=O)N2CCC2)cc1.Cc1cc2c(F)c(Oc3ncnc(Nc4ccc(CN5CCN(C)CC5)cc4)c3C(=O)N3CCC3)cc(F)c2[nH]1.Cc1cc2c(F)c(Oc3ncnc(Nc4ccc(CN5CCNCC5)cc4)c3C(=O)N3CCC3)cc(F)c2[nH]1. The second-order valence-corrected chi connectivity index (χ2v) is 29.1. The number of likely N-dealkylation sites (tertiary alicyclic amines) is 3. The number of piperazine rings is 2. The van der Waals surface area contributed by atoms with Gasteiger partial charge in [0.2, 0.25) is 17.6 Å². The third-order valence-corrected chi connectivity index (χ3v) is 20.6. The monoisotopic (exact) mass is 1570 g/mol. The molecule has 0 atom stereocenters. The van der Waals surface area contributed by atoms with Gasteiger partial charge in [-0.25, -0.2) is 56.2 Å². The molecule has 6 aromatic heterocycles. The van der Waals surface area contributed by atoms with Crippen LogP contribution in [0.3, 0.4) is 0 Å². The molecular weight excluding hydrogens is 1490 g/mol. The summed E-state index contributed by atoms with van der Waals surface area (Å²) in [5.41, 5.74) is 7.39. The predicted molar refractivity (Wildman–Crippen MR) is 421 cm³/mol. The molecule has 3 amide bonds. The summed E-state index contributed by atoms with van der Waals surface area (Å²) in [6, 6.07) is 30.3. The number of ketones is 1. The molecule has 26 nitrogen and oxygen atoms in total. The molecule has 0 spiro atoms. The highest BCUT2D eigenvalue weighted by atomic mass is 19.1. The highest BCUT2D eigenvalue weighted by molar-refractivity contribution is 6.04. The summed E-state index contributed by atoms with van der Waals surface area (Å²) in [6.45, 7) is 20.0. The van der Waals surface area contributed by atoms with Gasteiger partial charge < -0.3 is 70.0 Å². The van der Waals surface area contributed by atoms with Crippen molar-refractivity contribution in [3.8, 4) is 34.9 Å². The number of H-pyrrole nitrogens is 3. The quantitative estimate of drug-likeness (QED) is 0.0329. The van der Waals surface area contributed by atoms with Crippen LogP contribution < -0.4 is 35.5 Å². The molecule has 12 aromatic rings. The van der Waals surface area contributed by atoms with Crippen LogP contribution in [-0.4, -0.2) is 196 Å². The standard InChI is InChI=1S/C29H31F2N7O2.C28H29F2N7O2.C26H23F2N5O3/c1-18-14-21-25(31)23(15-22(30)26(21)34-18)40-28-24(29(39)38-8-3-9-38)27(32-17-33-28)35-20-6-4-19(5-7-20)16-37-12-10-36(2)11-13-37;1-17-13-20-24(30)22(14-21(29)25(20)34-17)39-27-23(28(38)37-9-2-10-37)26(32-16-33-27)35-19-5-3-18(4-6-19)15-36-11-7-31-8-12-36;1-14-10-18-22(28)20(12-19(27)23(18)31-14)36-25-21(26(35)33-8-3-9-33)24(29-13-30-25)32-17-6-4-16(5-7-17)11-15(2)34/h4-7,14-15,17,34H,3,8-13,16H2,1-2H3,(H,32,33,35);3-6,13-14,16,31,34H,2,7-12,15H2,1H3,(H,32,33,35);4-7,10,12-13,31H,3,8-9,11H2,1-2H3,(H,29,30,32). The third-order valence-electron chi connectivity index (χ3n) is 20.6. The van der Waals surface area contributed by atoms with Crippen LogP contribution in [0, 0.1) is 55.7 Å². The lowest BCUT2D eigenvalue weighted by atomic mass is 10.1. The number of fused-ring (bicyclic) bond motifs is 3. The zero-order valence-electron chi connectivity index (χ0n) is 63.8. The minimum atomic E-state index is -0.771. The summed E-state index contributed by atoms with van der Waals surface area (Å²) in [6.07, 6.45) is 6.60. The Labute approximate surface area is 656 Å². The lowest BCUT2D eigenvalue weighted by molar-refractivity contribution is -0.116. The number of rotatable bonds is 21. The van der Waals surface area contributed by atoms with E-state index < -0.39 is 40.7 Å². The topological polar surface area (TPSA) is 288 Å². The Kier molecular flexibility index (Phi) is 23.0. The van der Waals surface area contributed by atoms with Crippen LogP contribution in [0.2, 0.25) is 0 Å². The third kappa shape index (κ3) is 17.5. The minimum Gasteiger partial charge on any atom is -0.435 e. The molecule has 32 heteroatoms. The van der Waals surface area contributed by atoms with Crippen LogP contribution in [-0.2, 0) is 24.3 Å². The number of Topliss-reactive ketones (excluding diaryl/α,β-unsaturated/α-hetero) is 1. The van der Waals surface area contributed by atoms with Crippen LogP contribution in [0.4, 0.5) is 60.9 Å². The lowest BCUT2D eigenvalue weighted by Crippen LogP contribution is -2.43. The van der Waals surface area contributed by atoms with Gasteiger partial charge in [0.05, 0.1) is 16.6 Å². The van der Waals surface area contributed by atoms with Gasteiger partial charge in [0, 0.05) is 180 Å². The van der Waals surface area contributed by atoms with Gasteiger partial charge in [0.1, 0.15) is 41.5 Å². The molecule has 11 heterocycles. The molecule has 0 saturated carbocycles. The Hall–Kier alpha value is -12.5. The molecule has 0 radical (unpaired) electrons. The van der Waals surface area contributed by atoms with Gasteiger partial charge in [-0.1, -0.05) is 36.4 Å². The number of amides is 3. The van der Waals surface area contributed by atoms with Gasteiger partial charge in [0.15, 0.2) is 69.6 Å². The largest absolute Gasteiger partial charge is 0.435 e. The van der Waals surface area contributed by atoms with Crippen LogP contribution in [0.1, 0.15) is 91.0 Å². The van der Waals surface area contributed by atoms with Gasteiger partial charge >= 0.3 is 0 Å². The Morgan fingerprint density at radius 3 is 1.03 bits per heavy atom. The van der Waals surface area contributed by atoms with E-state index in [1.165, 1.54) is 55.2 Å². The van der Waals surface area contributed by atoms with E-state index in [0.717, 1.165) is 120 Å². The van der Waals surface area contributed by atoms with Gasteiger partial charge in [-0.05, 0) is 125 Å². The number of carbonyl (C=O) groups excluding carboxylic acids is 4. The molecule has 5 saturated heterocycles. The molecule has 5 fully saturated rings. The van der Waals surface area contributed by atoms with E-state index >= 15 is 13.2 Å². The minimum absolute atomic E-state index is 0.00941. The molecule has 0 bridgehead atoms. The number of aromatic nitrogens is 9. The average Bonchev–Trinajstić information content (AvgIpc) is 1.78. The molecule has 115 heavy (non-hydrogen) atoms. The number of aryl methyl sites for hydroxylation is 3. The maximum absolute atomic E-state index is 15.3.